The summed E-state index contributed by atoms with van der Waals surface area (Å²) >= 11 is 5.91. The average molecular weight is 466 g/mol. The zero-order valence-corrected chi connectivity index (χ0v) is 18.0. The van der Waals surface area contributed by atoms with E-state index < -0.39 is 21.2 Å². The molecule has 0 saturated heterocycles. The standard InChI is InChI=1S/C23H16ClN3O6/c1-2-32-23-12-15(11-17(14-25)16-4-6-18(24)7-5-16)3-9-22(23)33-21-10-8-19(26(28)29)13-20(21)27(30)31/h3-13H,2H2,1H3/b17-11+. The van der Waals surface area contributed by atoms with E-state index in [0.717, 1.165) is 18.2 Å². The Bertz CT molecular complexity index is 1280. The second kappa shape index (κ2) is 10.3. The van der Waals surface area contributed by atoms with Gasteiger partial charge in [-0.1, -0.05) is 29.8 Å². The lowest BCUT2D eigenvalue weighted by Crippen LogP contribution is -1.99. The van der Waals surface area contributed by atoms with Crippen LogP contribution in [0.2, 0.25) is 5.02 Å². The largest absolute Gasteiger partial charge is 0.490 e. The fraction of sp³-hybridized carbons (Fsp3) is 0.0870. The van der Waals surface area contributed by atoms with Crippen molar-refractivity contribution < 1.29 is 19.3 Å². The molecule has 3 aromatic carbocycles. The van der Waals surface area contributed by atoms with E-state index in [9.17, 15) is 25.5 Å². The van der Waals surface area contributed by atoms with Crippen LogP contribution in [0.3, 0.4) is 0 Å². The molecule has 33 heavy (non-hydrogen) atoms. The van der Waals surface area contributed by atoms with Crippen LogP contribution < -0.4 is 9.47 Å². The summed E-state index contributed by atoms with van der Waals surface area (Å²) in [5.74, 6) is 0.289. The van der Waals surface area contributed by atoms with Crippen LogP contribution in [-0.4, -0.2) is 16.5 Å². The van der Waals surface area contributed by atoms with Crippen molar-refractivity contribution in [3.05, 3.63) is 97.0 Å². The minimum atomic E-state index is -0.759. The van der Waals surface area contributed by atoms with E-state index >= 15 is 0 Å². The third kappa shape index (κ3) is 5.64. The molecular formula is C23H16ClN3O6. The van der Waals surface area contributed by atoms with Gasteiger partial charge in [-0.15, -0.1) is 0 Å². The summed E-state index contributed by atoms with van der Waals surface area (Å²) in [4.78, 5) is 20.8. The van der Waals surface area contributed by atoms with Crippen molar-refractivity contribution in [1.29, 1.82) is 5.26 Å². The van der Waals surface area contributed by atoms with Gasteiger partial charge >= 0.3 is 5.69 Å². The van der Waals surface area contributed by atoms with Gasteiger partial charge in [0.15, 0.2) is 11.5 Å². The molecule has 0 unspecified atom stereocenters. The first-order valence-electron chi connectivity index (χ1n) is 9.57. The van der Waals surface area contributed by atoms with Crippen LogP contribution >= 0.6 is 11.6 Å². The lowest BCUT2D eigenvalue weighted by atomic mass is 10.0. The zero-order chi connectivity index (χ0) is 24.0. The van der Waals surface area contributed by atoms with Crippen molar-refractivity contribution in [3.8, 4) is 23.3 Å². The van der Waals surface area contributed by atoms with E-state index in [1.807, 2.05) is 0 Å². The van der Waals surface area contributed by atoms with Crippen LogP contribution in [-0.2, 0) is 0 Å². The first-order valence-corrected chi connectivity index (χ1v) is 9.95. The molecule has 0 N–H and O–H groups in total. The highest BCUT2D eigenvalue weighted by molar-refractivity contribution is 6.30. The number of hydrogen-bond acceptors (Lipinski definition) is 7. The Morgan fingerprint density at radius 3 is 2.30 bits per heavy atom. The molecule has 0 aromatic heterocycles. The number of allylic oxidation sites excluding steroid dienone is 1. The van der Waals surface area contributed by atoms with Gasteiger partial charge in [0.1, 0.15) is 0 Å². The maximum atomic E-state index is 11.4. The van der Waals surface area contributed by atoms with Crippen LogP contribution in [0.4, 0.5) is 11.4 Å². The molecule has 0 fully saturated rings. The highest BCUT2D eigenvalue weighted by Crippen LogP contribution is 2.39. The molecule has 0 aliphatic rings. The zero-order valence-electron chi connectivity index (χ0n) is 17.2. The molecule has 3 aromatic rings. The van der Waals surface area contributed by atoms with Crippen LogP contribution in [0.15, 0.2) is 60.7 Å². The minimum Gasteiger partial charge on any atom is -0.490 e. The second-order valence-corrected chi connectivity index (χ2v) is 7.02. The third-order valence-corrected chi connectivity index (χ3v) is 4.68. The highest BCUT2D eigenvalue weighted by Gasteiger charge is 2.22. The molecule has 0 heterocycles. The van der Waals surface area contributed by atoms with Crippen molar-refractivity contribution in [2.75, 3.05) is 6.61 Å². The monoisotopic (exact) mass is 465 g/mol. The lowest BCUT2D eigenvalue weighted by molar-refractivity contribution is -0.394. The van der Waals surface area contributed by atoms with Gasteiger partial charge in [0, 0.05) is 11.1 Å². The van der Waals surface area contributed by atoms with E-state index in [1.54, 1.807) is 55.5 Å². The van der Waals surface area contributed by atoms with Gasteiger partial charge in [-0.3, -0.25) is 20.2 Å². The number of halogens is 1. The van der Waals surface area contributed by atoms with E-state index in [4.69, 9.17) is 21.1 Å². The predicted octanol–water partition coefficient (Wildman–Crippen LogP) is 6.41. The maximum Gasteiger partial charge on any atom is 0.318 e. The Morgan fingerprint density at radius 1 is 1.00 bits per heavy atom. The molecule has 0 aliphatic carbocycles. The van der Waals surface area contributed by atoms with Gasteiger partial charge in [0.2, 0.25) is 5.75 Å². The van der Waals surface area contributed by atoms with Gasteiger partial charge in [0.25, 0.3) is 5.69 Å². The summed E-state index contributed by atoms with van der Waals surface area (Å²) in [6, 6.07) is 16.9. The summed E-state index contributed by atoms with van der Waals surface area (Å²) in [5.41, 5.74) is 0.738. The number of rotatable bonds is 8. The summed E-state index contributed by atoms with van der Waals surface area (Å²) < 4.78 is 11.3. The van der Waals surface area contributed by atoms with Crippen LogP contribution in [0.5, 0.6) is 17.2 Å². The Balaban J connectivity index is 1.98. The molecule has 0 spiro atoms. The van der Waals surface area contributed by atoms with Gasteiger partial charge in [-0.25, -0.2) is 0 Å². The van der Waals surface area contributed by atoms with Crippen molar-refractivity contribution in [2.45, 2.75) is 6.92 Å². The highest BCUT2D eigenvalue weighted by atomic mass is 35.5. The topological polar surface area (TPSA) is 129 Å². The molecule has 3 rings (SSSR count). The summed E-state index contributed by atoms with van der Waals surface area (Å²) in [6.45, 7) is 2.04. The Kier molecular flexibility index (Phi) is 7.23. The van der Waals surface area contributed by atoms with Crippen LogP contribution in [0, 0.1) is 31.6 Å². The van der Waals surface area contributed by atoms with E-state index in [2.05, 4.69) is 6.07 Å². The molecular weight excluding hydrogens is 450 g/mol. The number of nitro groups is 2. The predicted molar refractivity (Wildman–Crippen MR) is 122 cm³/mol. The Morgan fingerprint density at radius 2 is 1.70 bits per heavy atom. The maximum absolute atomic E-state index is 11.4. The minimum absolute atomic E-state index is 0.172. The lowest BCUT2D eigenvalue weighted by Gasteiger charge is -2.12. The Hall–Kier alpha value is -4.42. The second-order valence-electron chi connectivity index (χ2n) is 6.58. The quantitative estimate of drug-likeness (QED) is 0.162. The fourth-order valence-electron chi connectivity index (χ4n) is 2.91. The molecule has 0 radical (unpaired) electrons. The van der Waals surface area contributed by atoms with Gasteiger partial charge in [0.05, 0.1) is 34.2 Å². The number of nitriles is 1. The summed E-state index contributed by atoms with van der Waals surface area (Å²) in [6.07, 6.45) is 1.66. The molecule has 0 aliphatic heterocycles. The van der Waals surface area contributed by atoms with Crippen LogP contribution in [0.1, 0.15) is 18.1 Å². The third-order valence-electron chi connectivity index (χ3n) is 4.42. The Labute approximate surface area is 193 Å². The SMILES string of the molecule is CCOc1cc(/C=C(\C#N)c2ccc(Cl)cc2)ccc1Oc1ccc([N+](=O)[O-])cc1[N+](=O)[O-]. The van der Waals surface area contributed by atoms with Gasteiger partial charge in [-0.05, 0) is 54.5 Å². The molecule has 9 nitrogen and oxygen atoms in total. The summed E-state index contributed by atoms with van der Waals surface area (Å²) in [7, 11) is 0. The first kappa shape index (κ1) is 23.2. The number of ether oxygens (including phenoxy) is 2. The van der Waals surface area contributed by atoms with Crippen LogP contribution in [0.25, 0.3) is 11.6 Å². The van der Waals surface area contributed by atoms with Crippen molar-refractivity contribution in [3.63, 3.8) is 0 Å². The molecule has 166 valence electrons. The normalized spacial score (nSPS) is 10.9. The van der Waals surface area contributed by atoms with E-state index in [1.165, 1.54) is 0 Å². The number of nitro benzene ring substituents is 2. The number of nitrogens with zero attached hydrogens (tertiary/aromatic N) is 3. The molecule has 0 amide bonds. The fourth-order valence-corrected chi connectivity index (χ4v) is 3.04. The number of non-ortho nitro benzene ring substituents is 1. The van der Waals surface area contributed by atoms with Crippen molar-refractivity contribution in [2.24, 2.45) is 0 Å². The molecule has 0 atom stereocenters. The van der Waals surface area contributed by atoms with Gasteiger partial charge < -0.3 is 9.47 Å². The molecule has 0 saturated carbocycles. The van der Waals surface area contributed by atoms with E-state index in [-0.39, 0.29) is 23.9 Å². The van der Waals surface area contributed by atoms with Crippen molar-refractivity contribution >= 4 is 34.6 Å². The number of hydrogen-bond donors (Lipinski definition) is 0. The van der Waals surface area contributed by atoms with Gasteiger partial charge in [-0.2, -0.15) is 5.26 Å². The van der Waals surface area contributed by atoms with E-state index in [0.29, 0.717) is 21.7 Å². The van der Waals surface area contributed by atoms with Crippen molar-refractivity contribution in [1.82, 2.24) is 0 Å². The summed E-state index contributed by atoms with van der Waals surface area (Å²) in [5, 5.41) is 32.4. The molecule has 10 heteroatoms. The smallest absolute Gasteiger partial charge is 0.318 e. The molecule has 0 bridgehead atoms. The average Bonchev–Trinajstić information content (AvgIpc) is 2.79. The number of benzene rings is 3. The first-order chi connectivity index (χ1) is 15.8.